The number of hydrogen-bond donors (Lipinski definition) is 7. The third kappa shape index (κ3) is 43.5. The molecule has 2 aromatic rings. The molecular weight excluding hydrogens is 1860 g/mol. The van der Waals surface area contributed by atoms with Crippen LogP contribution in [0.25, 0.3) is 0 Å². The molecule has 9 saturated heterocycles. The van der Waals surface area contributed by atoms with Gasteiger partial charge in [-0.15, -0.1) is 0 Å². The van der Waals surface area contributed by atoms with Crippen LogP contribution < -0.4 is 37.2 Å². The first-order valence-corrected chi connectivity index (χ1v) is 51.5. The first-order valence-electron chi connectivity index (χ1n) is 51.5. The lowest BCUT2D eigenvalue weighted by Gasteiger charge is -2.36. The number of rotatable bonds is 30. The van der Waals surface area contributed by atoms with Gasteiger partial charge in [-0.05, 0) is 105 Å². The molecular formula is C103H168F6N16O18. The van der Waals surface area contributed by atoms with E-state index in [1.165, 1.54) is 19.6 Å². The Kier molecular flexibility index (Phi) is 54.0. The molecule has 0 spiro atoms. The molecule has 14 amide bonds. The van der Waals surface area contributed by atoms with Gasteiger partial charge in [0.15, 0.2) is 40.5 Å². The van der Waals surface area contributed by atoms with Gasteiger partial charge in [-0.2, -0.15) is 26.3 Å². The molecule has 0 saturated carbocycles. The van der Waals surface area contributed by atoms with Crippen molar-refractivity contribution in [1.82, 2.24) is 81.3 Å². The smallest absolute Gasteiger partial charge is 0.381 e. The van der Waals surface area contributed by atoms with Crippen LogP contribution in [0.15, 0.2) is 60.7 Å². The number of ether oxygens (including phenoxy) is 4. The number of halogens is 6. The lowest BCUT2D eigenvalue weighted by molar-refractivity contribution is -0.149. The zero-order valence-corrected chi connectivity index (χ0v) is 88.3. The van der Waals surface area contributed by atoms with E-state index in [4.69, 9.17) is 18.9 Å². The number of nitrogens with zero attached hydrogens (tertiary/aromatic N) is 9. The number of piperazine rings is 2. The zero-order valence-electron chi connectivity index (χ0n) is 88.3. The van der Waals surface area contributed by atoms with E-state index in [9.17, 15) is 93.5 Å². The molecule has 143 heavy (non-hydrogen) atoms. The number of Topliss-reactive ketones (excluding diaryl/α,β-unsaturated/α-hetero) is 7. The van der Waals surface area contributed by atoms with Crippen LogP contribution in [0.1, 0.15) is 226 Å². The summed E-state index contributed by atoms with van der Waals surface area (Å²) < 4.78 is 95.4. The van der Waals surface area contributed by atoms with Crippen LogP contribution in [0.3, 0.4) is 0 Å². The summed E-state index contributed by atoms with van der Waals surface area (Å²) in [5.41, 5.74) is 1.54. The molecule has 11 rings (SSSR count). The van der Waals surface area contributed by atoms with Crippen molar-refractivity contribution in [2.24, 2.45) is 71.0 Å². The minimum atomic E-state index is -4.24. The number of carbonyl (C=O) groups is 14. The van der Waals surface area contributed by atoms with Gasteiger partial charge in [-0.3, -0.25) is 53.2 Å². The second-order valence-electron chi connectivity index (χ2n) is 41.2. The average molecular weight is 2030 g/mol. The topological polar surface area (TPSA) is 389 Å². The van der Waals surface area contributed by atoms with Crippen molar-refractivity contribution in [2.45, 2.75) is 257 Å². The van der Waals surface area contributed by atoms with Gasteiger partial charge in [0, 0.05) is 173 Å². The summed E-state index contributed by atoms with van der Waals surface area (Å²) in [4.78, 5) is 185. The van der Waals surface area contributed by atoms with Crippen molar-refractivity contribution >= 4 is 82.7 Å². The van der Waals surface area contributed by atoms with E-state index in [1.807, 2.05) is 152 Å². The molecule has 0 radical (unpaired) electrons. The number of amides is 14. The first-order chi connectivity index (χ1) is 67.3. The summed E-state index contributed by atoms with van der Waals surface area (Å²) in [5.74, 6) is 0.0995. The molecule has 0 aromatic heterocycles. The second-order valence-corrected chi connectivity index (χ2v) is 41.2. The van der Waals surface area contributed by atoms with Crippen molar-refractivity contribution < 1.29 is 112 Å². The fourth-order valence-electron chi connectivity index (χ4n) is 17.2. The van der Waals surface area contributed by atoms with Gasteiger partial charge in [0.25, 0.3) is 0 Å². The van der Waals surface area contributed by atoms with Gasteiger partial charge in [-0.25, -0.2) is 33.6 Å². The number of alkyl halides is 6. The highest BCUT2D eigenvalue weighted by molar-refractivity contribution is 5.95. The molecule has 0 aliphatic carbocycles. The molecule has 1 unspecified atom stereocenters. The van der Waals surface area contributed by atoms with Crippen LogP contribution in [0, 0.1) is 71.0 Å². The van der Waals surface area contributed by atoms with Gasteiger partial charge in [0.05, 0.1) is 56.5 Å². The quantitative estimate of drug-likeness (QED) is 0.0357. The van der Waals surface area contributed by atoms with Gasteiger partial charge < -0.3 is 80.7 Å². The van der Waals surface area contributed by atoms with E-state index >= 15 is 0 Å². The maximum Gasteiger partial charge on any atom is 0.401 e. The zero-order chi connectivity index (χ0) is 107. The Balaban J connectivity index is 0.000000295. The molecule has 40 heteroatoms. The number of nitrogens with one attached hydrogen (secondary N) is 7. The molecule has 810 valence electrons. The Bertz CT molecular complexity index is 4100. The van der Waals surface area contributed by atoms with Gasteiger partial charge in [0.1, 0.15) is 25.5 Å². The van der Waals surface area contributed by atoms with Crippen molar-refractivity contribution in [2.75, 3.05) is 171 Å². The maximum absolute atomic E-state index is 12.5. The number of benzene rings is 2. The van der Waals surface area contributed by atoms with Crippen molar-refractivity contribution in [3.63, 3.8) is 0 Å². The highest BCUT2D eigenvalue weighted by Crippen LogP contribution is 2.29. The Morgan fingerprint density at radius 3 is 0.734 bits per heavy atom. The Morgan fingerprint density at radius 1 is 0.273 bits per heavy atom. The number of urea groups is 7. The molecule has 7 N–H and O–H groups in total. The normalized spacial score (nSPS) is 18.7. The number of ketones is 7. The molecule has 2 aromatic carbocycles. The predicted octanol–water partition coefficient (Wildman–Crippen LogP) is 13.8. The standard InChI is InChI=1S/C18H24F3N3O2.C16H22N2O2.C15H26F3N3O2.C15H26N2O3.C14H24N2O4.C13H24N2O2.C12H22N2O3/c1-13(2)16(25)15(14-6-4-3-5-7-14)22-17(26)24-10-8-23(9-11-24)12-18(19,20)21;1-12(2)15(19)14(13-8-4-3-5-9-13)17-16(20)18-10-6-7-11-18;1-10(2)12(13(22)11(3)4)19-14(23)21-7-5-20(6-8-21)9-15(16,17)18;1-11(2)14(18)13(12-5-9-20-10-6-12)16-15(19)17-7-3-4-8-17;1-10(2)13(17)12(11-3-6-19-7-4-11)15-14(18)16-5-8-20-9-16;1-9(2)11(12(16)10(3)4)14-13(17)15-7-5-6-8-15;1-8(2)10(11(15)9(3)4)13-12(16)14-5-6-17-7-14/h3-7,13,15H,8-12H2,1-2H3,(H,22,26);3-5,8-9,12,14H,6-7,10-11H2,1-2H3,(H,17,20);10-12H,5-9H2,1-4H3,(H,19,23);11-13H,3-10H2,1-2H3,(H,16,19);10-12H,3-9H2,1-2H3,(H,15,18);9-11H,5-8H2,1-4H3,(H,14,17);8-10H,5-7H2,1-4H3,(H,13,16)/t15-;14-;;13-;12-;11-;10-/m11.0000/s1. The second kappa shape index (κ2) is 62.4. The fourth-order valence-corrected chi connectivity index (χ4v) is 17.2. The fraction of sp³-hybridized carbons (Fsp3) is 0.748. The molecule has 7 atom stereocenters. The van der Waals surface area contributed by atoms with E-state index in [1.54, 1.807) is 71.6 Å². The highest BCUT2D eigenvalue weighted by Gasteiger charge is 2.41. The third-order valence-corrected chi connectivity index (χ3v) is 26.1. The summed E-state index contributed by atoms with van der Waals surface area (Å²) in [7, 11) is 0. The largest absolute Gasteiger partial charge is 0.401 e. The summed E-state index contributed by atoms with van der Waals surface area (Å²) >= 11 is 0. The van der Waals surface area contributed by atoms with E-state index in [-0.39, 0.29) is 212 Å². The number of hydrogen-bond acceptors (Lipinski definition) is 20. The minimum Gasteiger partial charge on any atom is -0.381 e. The summed E-state index contributed by atoms with van der Waals surface area (Å²) in [5, 5.41) is 19.9. The van der Waals surface area contributed by atoms with E-state index in [0.29, 0.717) is 71.8 Å². The van der Waals surface area contributed by atoms with Crippen molar-refractivity contribution in [1.29, 1.82) is 0 Å². The van der Waals surface area contributed by atoms with Crippen LogP contribution >= 0.6 is 0 Å². The van der Waals surface area contributed by atoms with Crippen molar-refractivity contribution in [3.05, 3.63) is 71.8 Å². The summed E-state index contributed by atoms with van der Waals surface area (Å²) in [6.45, 7) is 47.3. The lowest BCUT2D eigenvalue weighted by atomic mass is 9.85. The predicted molar refractivity (Wildman–Crippen MR) is 533 cm³/mol. The number of likely N-dealkylation sites (tertiary alicyclic amines) is 3. The van der Waals surface area contributed by atoms with Crippen molar-refractivity contribution in [3.8, 4) is 0 Å². The number of carbonyl (C=O) groups excluding carboxylic acids is 14. The first kappa shape index (κ1) is 124. The van der Waals surface area contributed by atoms with Crippen LogP contribution in [0.2, 0.25) is 0 Å². The Morgan fingerprint density at radius 2 is 0.503 bits per heavy atom. The van der Waals surface area contributed by atoms with Crippen LogP contribution in [-0.4, -0.2) is 340 Å². The monoisotopic (exact) mass is 2030 g/mol. The van der Waals surface area contributed by atoms with Gasteiger partial charge in [-0.1, -0.05) is 199 Å². The SMILES string of the molecule is CC(C)C(=O)C(NC(=O)N1CCN(CC(F)(F)F)CC1)C(C)C.CC(C)C(=O)[C@@H](NC(=O)N1CCCC1)C(C)C.CC(C)C(=O)[C@@H](NC(=O)N1CCCC1)C1CCOCC1.CC(C)C(=O)[C@@H](NC(=O)N1CCOC1)C(C)C.CC(C)C(=O)[C@@H](NC(=O)N1CCOC1)C1CCOCC1.CC(C)C(=O)[C@H](NC(=O)N1CCCC1)c1ccccc1.CC(C)C(=O)[C@H](NC(=O)N1CCN(CC(F)(F)F)CC1)c1ccccc1. The molecule has 0 bridgehead atoms. The highest BCUT2D eigenvalue weighted by atomic mass is 19.4. The van der Waals surface area contributed by atoms with Crippen LogP contribution in [0.4, 0.5) is 59.9 Å². The summed E-state index contributed by atoms with van der Waals surface area (Å²) in [6, 6.07) is 13.4. The van der Waals surface area contributed by atoms with Crippen LogP contribution in [0.5, 0.6) is 0 Å². The van der Waals surface area contributed by atoms with Gasteiger partial charge >= 0.3 is 54.6 Å². The molecule has 34 nitrogen and oxygen atoms in total. The summed E-state index contributed by atoms with van der Waals surface area (Å²) in [6.07, 6.45) is 1.22. The van der Waals surface area contributed by atoms with E-state index in [0.717, 1.165) is 109 Å². The average Bonchev–Trinajstić information content (AvgIpc) is 1.20. The molecule has 9 heterocycles. The van der Waals surface area contributed by atoms with E-state index in [2.05, 4.69) is 37.2 Å². The minimum absolute atomic E-state index is 0.0379. The molecule has 9 aliphatic rings. The van der Waals surface area contributed by atoms with Gasteiger partial charge in [0.2, 0.25) is 0 Å². The molecule has 9 aliphatic heterocycles. The van der Waals surface area contributed by atoms with Crippen LogP contribution in [-0.2, 0) is 52.5 Å². The maximum atomic E-state index is 12.5. The van der Waals surface area contributed by atoms with E-state index < -0.39 is 61.7 Å². The molecule has 9 fully saturated rings. The Labute approximate surface area is 843 Å². The third-order valence-electron chi connectivity index (χ3n) is 26.1. The Hall–Kier alpha value is -9.64. The lowest BCUT2D eigenvalue weighted by Crippen LogP contribution is -2.56.